The van der Waals surface area contributed by atoms with Crippen LogP contribution in [0.2, 0.25) is 0 Å². The standard InChI is InChI=1S/C11H15NO2/c1-2-14-9-8-11(12-13)10-6-4-3-5-7-10/h3-7,13H,2,8-9H2,1H3/b12-11-. The van der Waals surface area contributed by atoms with Gasteiger partial charge in [-0.1, -0.05) is 35.5 Å². The first-order valence-corrected chi connectivity index (χ1v) is 4.72. The van der Waals surface area contributed by atoms with Crippen LogP contribution in [-0.4, -0.2) is 24.1 Å². The van der Waals surface area contributed by atoms with Crippen molar-refractivity contribution in [3.63, 3.8) is 0 Å². The molecular formula is C11H15NO2. The Hall–Kier alpha value is -1.35. The first-order chi connectivity index (χ1) is 6.88. The monoisotopic (exact) mass is 193 g/mol. The summed E-state index contributed by atoms with van der Waals surface area (Å²) in [5.41, 5.74) is 1.61. The SMILES string of the molecule is CCOCC/C(=N/O)c1ccccc1. The fourth-order valence-electron chi connectivity index (χ4n) is 1.20. The van der Waals surface area contributed by atoms with Crippen molar-refractivity contribution >= 4 is 5.71 Å². The first kappa shape index (κ1) is 10.7. The maximum Gasteiger partial charge on any atom is 0.0890 e. The number of ether oxygens (including phenoxy) is 1. The van der Waals surface area contributed by atoms with Gasteiger partial charge in [-0.05, 0) is 12.5 Å². The van der Waals surface area contributed by atoms with E-state index in [0.717, 1.165) is 5.56 Å². The summed E-state index contributed by atoms with van der Waals surface area (Å²) in [6, 6.07) is 9.60. The van der Waals surface area contributed by atoms with Crippen LogP contribution in [0.3, 0.4) is 0 Å². The summed E-state index contributed by atoms with van der Waals surface area (Å²) in [5.74, 6) is 0. The molecule has 0 aliphatic carbocycles. The molecular weight excluding hydrogens is 178 g/mol. The maximum absolute atomic E-state index is 8.81. The summed E-state index contributed by atoms with van der Waals surface area (Å²) in [4.78, 5) is 0. The van der Waals surface area contributed by atoms with Crippen molar-refractivity contribution in [2.75, 3.05) is 13.2 Å². The van der Waals surface area contributed by atoms with E-state index >= 15 is 0 Å². The van der Waals surface area contributed by atoms with E-state index in [1.165, 1.54) is 0 Å². The van der Waals surface area contributed by atoms with Gasteiger partial charge in [0.1, 0.15) is 0 Å². The van der Waals surface area contributed by atoms with Crippen molar-refractivity contribution < 1.29 is 9.94 Å². The summed E-state index contributed by atoms with van der Waals surface area (Å²) >= 11 is 0. The Morgan fingerprint density at radius 1 is 1.36 bits per heavy atom. The van der Waals surface area contributed by atoms with Crippen LogP contribution >= 0.6 is 0 Å². The third-order valence-corrected chi connectivity index (χ3v) is 1.92. The van der Waals surface area contributed by atoms with E-state index in [1.54, 1.807) is 0 Å². The van der Waals surface area contributed by atoms with Crippen LogP contribution in [0.15, 0.2) is 35.5 Å². The number of hydrogen-bond acceptors (Lipinski definition) is 3. The molecule has 0 aliphatic heterocycles. The van der Waals surface area contributed by atoms with Crippen LogP contribution in [0.1, 0.15) is 18.9 Å². The minimum absolute atomic E-state index is 0.588. The van der Waals surface area contributed by atoms with Gasteiger partial charge in [0.25, 0.3) is 0 Å². The van der Waals surface area contributed by atoms with Gasteiger partial charge in [0.05, 0.1) is 12.3 Å². The van der Waals surface area contributed by atoms with Gasteiger partial charge in [-0.25, -0.2) is 0 Å². The Balaban J connectivity index is 2.56. The Labute approximate surface area is 84.0 Å². The van der Waals surface area contributed by atoms with E-state index < -0.39 is 0 Å². The van der Waals surface area contributed by atoms with E-state index in [2.05, 4.69) is 5.16 Å². The molecule has 14 heavy (non-hydrogen) atoms. The third-order valence-electron chi connectivity index (χ3n) is 1.92. The molecule has 0 heterocycles. The van der Waals surface area contributed by atoms with E-state index in [-0.39, 0.29) is 0 Å². The topological polar surface area (TPSA) is 41.8 Å². The van der Waals surface area contributed by atoms with Gasteiger partial charge < -0.3 is 9.94 Å². The largest absolute Gasteiger partial charge is 0.411 e. The molecule has 0 fully saturated rings. The van der Waals surface area contributed by atoms with Gasteiger partial charge in [0.2, 0.25) is 0 Å². The van der Waals surface area contributed by atoms with E-state index in [4.69, 9.17) is 9.94 Å². The molecule has 0 aromatic heterocycles. The summed E-state index contributed by atoms with van der Waals surface area (Å²) < 4.78 is 5.20. The third kappa shape index (κ3) is 3.18. The Bertz CT molecular complexity index is 283. The van der Waals surface area contributed by atoms with E-state index in [9.17, 15) is 0 Å². The van der Waals surface area contributed by atoms with Gasteiger partial charge in [0.15, 0.2) is 0 Å². The zero-order valence-corrected chi connectivity index (χ0v) is 8.31. The van der Waals surface area contributed by atoms with Crippen LogP contribution in [-0.2, 0) is 4.74 Å². The quantitative estimate of drug-likeness (QED) is 0.337. The minimum atomic E-state index is 0.588. The lowest BCUT2D eigenvalue weighted by Gasteiger charge is -2.04. The molecule has 1 rings (SSSR count). The lowest BCUT2D eigenvalue weighted by molar-refractivity contribution is 0.154. The summed E-state index contributed by atoms with van der Waals surface area (Å²) in [6.45, 7) is 3.22. The summed E-state index contributed by atoms with van der Waals surface area (Å²) in [7, 11) is 0. The fourth-order valence-corrected chi connectivity index (χ4v) is 1.20. The molecule has 1 aromatic carbocycles. The highest BCUT2D eigenvalue weighted by Gasteiger charge is 2.02. The second-order valence-corrected chi connectivity index (χ2v) is 2.86. The molecule has 0 atom stereocenters. The predicted molar refractivity (Wildman–Crippen MR) is 55.9 cm³/mol. The van der Waals surface area contributed by atoms with Crippen molar-refractivity contribution in [3.05, 3.63) is 35.9 Å². The molecule has 3 heteroatoms. The highest BCUT2D eigenvalue weighted by molar-refractivity contribution is 6.00. The Morgan fingerprint density at radius 3 is 2.64 bits per heavy atom. The van der Waals surface area contributed by atoms with Crippen LogP contribution in [0.25, 0.3) is 0 Å². The highest BCUT2D eigenvalue weighted by Crippen LogP contribution is 2.04. The zero-order chi connectivity index (χ0) is 10.2. The molecule has 3 nitrogen and oxygen atoms in total. The van der Waals surface area contributed by atoms with Gasteiger partial charge >= 0.3 is 0 Å². The molecule has 0 unspecified atom stereocenters. The molecule has 0 saturated carbocycles. The lowest BCUT2D eigenvalue weighted by atomic mass is 10.1. The van der Waals surface area contributed by atoms with Gasteiger partial charge in [-0.3, -0.25) is 0 Å². The Kier molecular flexibility index (Phi) is 4.72. The number of rotatable bonds is 5. The number of hydrogen-bond donors (Lipinski definition) is 1. The summed E-state index contributed by atoms with van der Waals surface area (Å²) in [6.07, 6.45) is 0.633. The number of benzene rings is 1. The molecule has 1 aromatic rings. The average Bonchev–Trinajstić information content (AvgIpc) is 2.26. The average molecular weight is 193 g/mol. The fraction of sp³-hybridized carbons (Fsp3) is 0.364. The number of oxime groups is 1. The minimum Gasteiger partial charge on any atom is -0.411 e. The first-order valence-electron chi connectivity index (χ1n) is 4.72. The molecule has 0 amide bonds. The molecule has 0 spiro atoms. The van der Waals surface area contributed by atoms with Crippen molar-refractivity contribution in [3.8, 4) is 0 Å². The molecule has 1 N–H and O–H groups in total. The van der Waals surface area contributed by atoms with E-state index in [1.807, 2.05) is 37.3 Å². The van der Waals surface area contributed by atoms with Gasteiger partial charge in [-0.2, -0.15) is 0 Å². The van der Waals surface area contributed by atoms with E-state index in [0.29, 0.717) is 25.3 Å². The molecule has 0 radical (unpaired) electrons. The zero-order valence-electron chi connectivity index (χ0n) is 8.31. The van der Waals surface area contributed by atoms with Crippen LogP contribution < -0.4 is 0 Å². The maximum atomic E-state index is 8.81. The second kappa shape index (κ2) is 6.16. The predicted octanol–water partition coefficient (Wildman–Crippen LogP) is 2.29. The van der Waals surface area contributed by atoms with Gasteiger partial charge in [0, 0.05) is 13.0 Å². The molecule has 0 saturated heterocycles. The molecule has 76 valence electrons. The lowest BCUT2D eigenvalue weighted by Crippen LogP contribution is -2.06. The highest BCUT2D eigenvalue weighted by atomic mass is 16.5. The van der Waals surface area contributed by atoms with Crippen LogP contribution in [0.5, 0.6) is 0 Å². The van der Waals surface area contributed by atoms with Crippen molar-refractivity contribution in [1.29, 1.82) is 0 Å². The molecule has 0 aliphatic rings. The van der Waals surface area contributed by atoms with Crippen molar-refractivity contribution in [1.82, 2.24) is 0 Å². The number of nitrogens with zero attached hydrogens (tertiary/aromatic N) is 1. The van der Waals surface area contributed by atoms with Gasteiger partial charge in [-0.15, -0.1) is 0 Å². The Morgan fingerprint density at radius 2 is 2.07 bits per heavy atom. The van der Waals surface area contributed by atoms with Crippen LogP contribution in [0, 0.1) is 0 Å². The smallest absolute Gasteiger partial charge is 0.0890 e. The second-order valence-electron chi connectivity index (χ2n) is 2.86. The normalized spacial score (nSPS) is 11.6. The van der Waals surface area contributed by atoms with Crippen molar-refractivity contribution in [2.45, 2.75) is 13.3 Å². The van der Waals surface area contributed by atoms with Crippen LogP contribution in [0.4, 0.5) is 0 Å². The van der Waals surface area contributed by atoms with Crippen molar-refractivity contribution in [2.24, 2.45) is 5.16 Å². The summed E-state index contributed by atoms with van der Waals surface area (Å²) in [5, 5.41) is 12.1. The molecule has 0 bridgehead atoms.